The Morgan fingerprint density at radius 1 is 1.00 bits per heavy atom. The van der Waals surface area contributed by atoms with E-state index in [1.54, 1.807) is 37.3 Å². The third-order valence-electron chi connectivity index (χ3n) is 7.15. The van der Waals surface area contributed by atoms with Gasteiger partial charge in [-0.05, 0) is 69.2 Å². The number of piperidine rings is 1. The lowest BCUT2D eigenvalue weighted by atomic mass is 10.0. The van der Waals surface area contributed by atoms with Gasteiger partial charge in [0.25, 0.3) is 10.0 Å². The minimum Gasteiger partial charge on any atom is -0.430 e. The largest absolute Gasteiger partial charge is 0.430 e. The van der Waals surface area contributed by atoms with Crippen LogP contribution in [0.15, 0.2) is 78.0 Å². The SMILES string of the molecule is CC(Cl)OC(=O)N1CCC(N(C(=O)OC(C)Cl)c2ccc(-c3cn(S(=O)(=O)c4ccccc4)c4cc(F)ccc34)cn2)CC1. The second-order valence-electron chi connectivity index (χ2n) is 10.2. The number of likely N-dealkylation sites (tertiary alicyclic amines) is 1. The number of halogens is 3. The van der Waals surface area contributed by atoms with E-state index in [1.807, 2.05) is 0 Å². The van der Waals surface area contributed by atoms with Crippen LogP contribution in [0.4, 0.5) is 19.8 Å². The molecule has 2 aromatic carbocycles. The molecule has 1 aliphatic rings. The zero-order chi connectivity index (χ0) is 31.6. The molecular formula is C30H29Cl2FN4O6S. The van der Waals surface area contributed by atoms with Crippen molar-refractivity contribution in [1.82, 2.24) is 13.9 Å². The van der Waals surface area contributed by atoms with Crippen molar-refractivity contribution in [3.8, 4) is 11.1 Å². The number of benzene rings is 2. The van der Waals surface area contributed by atoms with Crippen LogP contribution in [0.25, 0.3) is 22.0 Å². The first-order valence-electron chi connectivity index (χ1n) is 13.8. The fraction of sp³-hybridized carbons (Fsp3) is 0.300. The van der Waals surface area contributed by atoms with Crippen molar-refractivity contribution >= 4 is 62.1 Å². The van der Waals surface area contributed by atoms with Crippen LogP contribution in [0.2, 0.25) is 0 Å². The monoisotopic (exact) mass is 662 g/mol. The standard InChI is InChI=1S/C30H29Cl2FN4O6S/c1-19(31)42-29(38)35-14-12-23(13-15-35)37(30(39)43-20(2)32)28-11-8-21(17-34-28)26-18-36(27-16-22(33)9-10-25(26)27)44(40,41)24-6-4-3-5-7-24/h3-11,16-20,23H,12-15H2,1-2H3. The van der Waals surface area contributed by atoms with E-state index < -0.39 is 39.2 Å². The summed E-state index contributed by atoms with van der Waals surface area (Å²) in [7, 11) is -4.04. The number of hydrogen-bond donors (Lipinski definition) is 0. The van der Waals surface area contributed by atoms with Gasteiger partial charge in [-0.2, -0.15) is 0 Å². The van der Waals surface area contributed by atoms with E-state index in [4.69, 9.17) is 32.7 Å². The van der Waals surface area contributed by atoms with E-state index in [0.29, 0.717) is 42.4 Å². The van der Waals surface area contributed by atoms with Gasteiger partial charge in [-0.1, -0.05) is 41.4 Å². The molecule has 1 saturated heterocycles. The zero-order valence-corrected chi connectivity index (χ0v) is 26.1. The summed E-state index contributed by atoms with van der Waals surface area (Å²) in [5.74, 6) is -0.308. The van der Waals surface area contributed by atoms with Crippen molar-refractivity contribution in [2.75, 3.05) is 18.0 Å². The van der Waals surface area contributed by atoms with Crippen molar-refractivity contribution in [2.24, 2.45) is 0 Å². The number of amides is 2. The summed E-state index contributed by atoms with van der Waals surface area (Å²) in [5, 5.41) is 0.498. The highest BCUT2D eigenvalue weighted by Crippen LogP contribution is 2.34. The summed E-state index contributed by atoms with van der Waals surface area (Å²) in [6.45, 7) is 3.70. The Labute approximate surface area is 263 Å². The quantitative estimate of drug-likeness (QED) is 0.200. The maximum absolute atomic E-state index is 14.3. The summed E-state index contributed by atoms with van der Waals surface area (Å²) < 4.78 is 52.8. The van der Waals surface area contributed by atoms with Crippen LogP contribution in [0.5, 0.6) is 0 Å². The highest BCUT2D eigenvalue weighted by molar-refractivity contribution is 7.90. The number of carbonyl (C=O) groups is 2. The second-order valence-corrected chi connectivity index (χ2v) is 13.2. The summed E-state index contributed by atoms with van der Waals surface area (Å²) in [5.41, 5.74) is -0.460. The van der Waals surface area contributed by atoms with Crippen molar-refractivity contribution < 1.29 is 31.9 Å². The molecule has 0 radical (unpaired) electrons. The molecule has 10 nitrogen and oxygen atoms in total. The molecule has 0 saturated carbocycles. The van der Waals surface area contributed by atoms with Crippen LogP contribution < -0.4 is 4.90 Å². The zero-order valence-electron chi connectivity index (χ0n) is 23.8. The van der Waals surface area contributed by atoms with E-state index in [2.05, 4.69) is 4.98 Å². The van der Waals surface area contributed by atoms with Crippen molar-refractivity contribution in [1.29, 1.82) is 0 Å². The predicted molar refractivity (Wildman–Crippen MR) is 165 cm³/mol. The van der Waals surface area contributed by atoms with Gasteiger partial charge in [0.05, 0.1) is 10.4 Å². The van der Waals surface area contributed by atoms with Gasteiger partial charge in [-0.3, -0.25) is 4.90 Å². The van der Waals surface area contributed by atoms with Gasteiger partial charge < -0.3 is 14.4 Å². The molecule has 3 heterocycles. The molecule has 2 aromatic heterocycles. The predicted octanol–water partition coefficient (Wildman–Crippen LogP) is 6.79. The first kappa shape index (κ1) is 31.6. The number of aromatic nitrogens is 2. The highest BCUT2D eigenvalue weighted by Gasteiger charge is 2.34. The number of hydrogen-bond acceptors (Lipinski definition) is 7. The molecule has 2 atom stereocenters. The number of fused-ring (bicyclic) bond motifs is 1. The van der Waals surface area contributed by atoms with Gasteiger partial charge in [0.1, 0.15) is 11.6 Å². The molecule has 44 heavy (non-hydrogen) atoms. The van der Waals surface area contributed by atoms with Crippen molar-refractivity contribution in [2.45, 2.75) is 48.8 Å². The Balaban J connectivity index is 1.47. The maximum atomic E-state index is 14.3. The van der Waals surface area contributed by atoms with Crippen LogP contribution in [0.3, 0.4) is 0 Å². The van der Waals surface area contributed by atoms with Crippen LogP contribution in [0.1, 0.15) is 26.7 Å². The second kappa shape index (κ2) is 13.0. The average Bonchev–Trinajstić information content (AvgIpc) is 3.37. The number of pyridine rings is 1. The Morgan fingerprint density at radius 3 is 2.30 bits per heavy atom. The lowest BCUT2D eigenvalue weighted by molar-refractivity contribution is 0.0856. The fourth-order valence-corrected chi connectivity index (χ4v) is 6.67. The third-order valence-corrected chi connectivity index (χ3v) is 9.02. The molecule has 1 aliphatic heterocycles. The molecule has 2 unspecified atom stereocenters. The van der Waals surface area contributed by atoms with Crippen molar-refractivity contribution in [3.05, 3.63) is 78.9 Å². The first-order chi connectivity index (χ1) is 21.0. The van der Waals surface area contributed by atoms with E-state index in [0.717, 1.165) is 3.97 Å². The number of rotatable bonds is 7. The minimum absolute atomic E-state index is 0.0559. The van der Waals surface area contributed by atoms with E-state index in [1.165, 1.54) is 59.4 Å². The Bertz CT molecular complexity index is 1760. The molecule has 0 spiro atoms. The van der Waals surface area contributed by atoms with E-state index >= 15 is 0 Å². The smallest absolute Gasteiger partial charge is 0.417 e. The summed E-state index contributed by atoms with van der Waals surface area (Å²) in [4.78, 5) is 33.0. The normalized spacial score (nSPS) is 15.5. The van der Waals surface area contributed by atoms with Crippen molar-refractivity contribution in [3.63, 3.8) is 0 Å². The van der Waals surface area contributed by atoms with E-state index in [-0.39, 0.29) is 22.3 Å². The minimum atomic E-state index is -4.04. The van der Waals surface area contributed by atoms with Gasteiger partial charge in [0.15, 0.2) is 11.1 Å². The molecule has 0 aliphatic carbocycles. The number of alkyl halides is 2. The lowest BCUT2D eigenvalue weighted by Gasteiger charge is -2.37. The van der Waals surface area contributed by atoms with Crippen LogP contribution in [0, 0.1) is 5.82 Å². The van der Waals surface area contributed by atoms with E-state index in [9.17, 15) is 22.4 Å². The van der Waals surface area contributed by atoms with Crippen LogP contribution >= 0.6 is 23.2 Å². The number of anilines is 1. The summed E-state index contributed by atoms with van der Waals surface area (Å²) >= 11 is 11.7. The molecular weight excluding hydrogens is 634 g/mol. The lowest BCUT2D eigenvalue weighted by Crippen LogP contribution is -2.50. The molecule has 14 heteroatoms. The first-order valence-corrected chi connectivity index (χ1v) is 16.1. The number of nitrogens with zero attached hydrogens (tertiary/aromatic N) is 4. The number of carbonyl (C=O) groups excluding carboxylic acids is 2. The van der Waals surface area contributed by atoms with Gasteiger partial charge in [-0.25, -0.2) is 31.4 Å². The third kappa shape index (κ3) is 6.62. The van der Waals surface area contributed by atoms with Crippen LogP contribution in [-0.2, 0) is 19.5 Å². The fourth-order valence-electron chi connectivity index (χ4n) is 5.14. The van der Waals surface area contributed by atoms with Gasteiger partial charge in [0.2, 0.25) is 0 Å². The summed E-state index contributed by atoms with van der Waals surface area (Å²) in [6, 6.07) is 14.8. The average molecular weight is 664 g/mol. The van der Waals surface area contributed by atoms with Gasteiger partial charge in [-0.15, -0.1) is 0 Å². The molecule has 232 valence electrons. The maximum Gasteiger partial charge on any atom is 0.417 e. The Hall–Kier alpha value is -3.87. The van der Waals surface area contributed by atoms with Gasteiger partial charge in [0, 0.05) is 48.0 Å². The molecule has 2 amide bonds. The molecule has 0 bridgehead atoms. The Morgan fingerprint density at radius 2 is 1.68 bits per heavy atom. The Kier molecular flexibility index (Phi) is 9.33. The molecule has 5 rings (SSSR count). The summed E-state index contributed by atoms with van der Waals surface area (Å²) in [6.07, 6.45) is 2.52. The highest BCUT2D eigenvalue weighted by atomic mass is 35.5. The molecule has 0 N–H and O–H groups in total. The van der Waals surface area contributed by atoms with Gasteiger partial charge >= 0.3 is 12.2 Å². The molecule has 1 fully saturated rings. The topological polar surface area (TPSA) is 111 Å². The number of ether oxygens (including phenoxy) is 2. The van der Waals surface area contributed by atoms with Crippen LogP contribution in [-0.4, -0.2) is 64.7 Å². The molecule has 4 aromatic rings.